The third-order valence-corrected chi connectivity index (χ3v) is 1.98. The third-order valence-electron chi connectivity index (χ3n) is 1.98. The van der Waals surface area contributed by atoms with Crippen molar-refractivity contribution < 1.29 is 19.0 Å². The second kappa shape index (κ2) is 4.75. The van der Waals surface area contributed by atoms with Gasteiger partial charge in [0.25, 0.3) is 0 Å². The average Bonchev–Trinajstić information content (AvgIpc) is 2.71. The van der Waals surface area contributed by atoms with E-state index < -0.39 is 6.16 Å². The Hall–Kier alpha value is -1.62. The molecule has 1 unspecified atom stereocenters. The van der Waals surface area contributed by atoms with Crippen LogP contribution in [0, 0.1) is 0 Å². The minimum absolute atomic E-state index is 0.193. The van der Waals surface area contributed by atoms with Gasteiger partial charge in [-0.25, -0.2) is 9.78 Å². The Balaban J connectivity index is 1.82. The molecule has 0 bridgehead atoms. The molecule has 1 atom stereocenters. The highest BCUT2D eigenvalue weighted by Gasteiger charge is 2.21. The molecule has 2 rings (SSSR count). The predicted octanol–water partition coefficient (Wildman–Crippen LogP) is 1.39. The van der Waals surface area contributed by atoms with Crippen LogP contribution in [0.1, 0.15) is 6.42 Å². The van der Waals surface area contributed by atoms with Gasteiger partial charge in [-0.2, -0.15) is 0 Å². The van der Waals surface area contributed by atoms with Gasteiger partial charge < -0.3 is 14.2 Å². The van der Waals surface area contributed by atoms with E-state index >= 15 is 0 Å². The Labute approximate surface area is 87.0 Å². The summed E-state index contributed by atoms with van der Waals surface area (Å²) in [5.41, 5.74) is 0. The number of aromatic nitrogens is 1. The van der Waals surface area contributed by atoms with Gasteiger partial charge in [-0.1, -0.05) is 6.07 Å². The van der Waals surface area contributed by atoms with Crippen molar-refractivity contribution in [2.45, 2.75) is 12.5 Å². The van der Waals surface area contributed by atoms with E-state index in [0.29, 0.717) is 13.2 Å². The fourth-order valence-electron chi connectivity index (χ4n) is 1.26. The minimum atomic E-state index is -0.732. The first-order valence-electron chi connectivity index (χ1n) is 4.72. The van der Waals surface area contributed by atoms with Crippen LogP contribution < -0.4 is 4.74 Å². The number of pyridine rings is 1. The van der Waals surface area contributed by atoms with Gasteiger partial charge in [0.15, 0.2) is 0 Å². The molecule has 1 aromatic heterocycles. The maximum atomic E-state index is 11.2. The topological polar surface area (TPSA) is 57.7 Å². The summed E-state index contributed by atoms with van der Waals surface area (Å²) in [6.07, 6.45) is 1.34. The number of nitrogens with zero attached hydrogens (tertiary/aromatic N) is 1. The molecule has 15 heavy (non-hydrogen) atoms. The van der Waals surface area contributed by atoms with Gasteiger partial charge in [-0.15, -0.1) is 0 Å². The number of carbonyl (C=O) groups excluding carboxylic acids is 1. The van der Waals surface area contributed by atoms with E-state index in [2.05, 4.69) is 4.98 Å². The van der Waals surface area contributed by atoms with E-state index in [4.69, 9.17) is 14.2 Å². The van der Waals surface area contributed by atoms with Crippen LogP contribution in [0.4, 0.5) is 4.79 Å². The van der Waals surface area contributed by atoms with Crippen LogP contribution in [-0.4, -0.2) is 30.5 Å². The van der Waals surface area contributed by atoms with Crippen molar-refractivity contribution in [2.75, 3.05) is 13.2 Å². The molecule has 0 radical (unpaired) electrons. The summed E-state index contributed by atoms with van der Waals surface area (Å²) < 4.78 is 14.9. The standard InChI is InChI=1S/C10H11NO4/c12-10(14-8-4-6-13-7-8)15-9-3-1-2-5-11-9/h1-3,5,8H,4,6-7H2. The van der Waals surface area contributed by atoms with Crippen LogP contribution in [0.25, 0.3) is 0 Å². The Morgan fingerprint density at radius 3 is 3.13 bits per heavy atom. The van der Waals surface area contributed by atoms with Crippen LogP contribution in [0.3, 0.4) is 0 Å². The zero-order valence-corrected chi connectivity index (χ0v) is 8.09. The predicted molar refractivity (Wildman–Crippen MR) is 50.6 cm³/mol. The highest BCUT2D eigenvalue weighted by atomic mass is 16.7. The van der Waals surface area contributed by atoms with Crippen molar-refractivity contribution in [1.82, 2.24) is 4.98 Å². The number of ether oxygens (including phenoxy) is 3. The van der Waals surface area contributed by atoms with Gasteiger partial charge in [-0.05, 0) is 6.07 Å². The van der Waals surface area contributed by atoms with E-state index in [-0.39, 0.29) is 12.0 Å². The lowest BCUT2D eigenvalue weighted by atomic mass is 10.3. The van der Waals surface area contributed by atoms with Crippen LogP contribution in [-0.2, 0) is 9.47 Å². The molecular formula is C10H11NO4. The van der Waals surface area contributed by atoms with E-state index in [0.717, 1.165) is 6.42 Å². The molecule has 2 heterocycles. The average molecular weight is 209 g/mol. The van der Waals surface area contributed by atoms with Gasteiger partial charge in [0.2, 0.25) is 5.88 Å². The van der Waals surface area contributed by atoms with Crippen LogP contribution in [0.2, 0.25) is 0 Å². The maximum absolute atomic E-state index is 11.2. The van der Waals surface area contributed by atoms with Gasteiger partial charge in [0.05, 0.1) is 13.2 Å². The second-order valence-electron chi connectivity index (χ2n) is 3.12. The highest BCUT2D eigenvalue weighted by Crippen LogP contribution is 2.10. The number of rotatable bonds is 2. The molecule has 0 N–H and O–H groups in total. The van der Waals surface area contributed by atoms with Crippen molar-refractivity contribution in [3.8, 4) is 5.88 Å². The number of carbonyl (C=O) groups is 1. The summed E-state index contributed by atoms with van der Waals surface area (Å²) in [4.78, 5) is 15.1. The van der Waals surface area contributed by atoms with E-state index in [1.807, 2.05) is 0 Å². The van der Waals surface area contributed by atoms with E-state index in [9.17, 15) is 4.79 Å². The molecule has 5 nitrogen and oxygen atoms in total. The molecule has 5 heteroatoms. The van der Waals surface area contributed by atoms with Crippen molar-refractivity contribution in [2.24, 2.45) is 0 Å². The second-order valence-corrected chi connectivity index (χ2v) is 3.12. The maximum Gasteiger partial charge on any atom is 0.515 e. The molecule has 0 aliphatic carbocycles. The summed E-state index contributed by atoms with van der Waals surface area (Å²) in [7, 11) is 0. The van der Waals surface area contributed by atoms with Gasteiger partial charge in [0, 0.05) is 18.7 Å². The normalized spacial score (nSPS) is 19.9. The molecule has 0 saturated carbocycles. The van der Waals surface area contributed by atoms with Crippen molar-refractivity contribution in [3.05, 3.63) is 24.4 Å². The number of hydrogen-bond acceptors (Lipinski definition) is 5. The molecule has 0 aromatic carbocycles. The van der Waals surface area contributed by atoms with Crippen LogP contribution in [0.5, 0.6) is 5.88 Å². The molecule has 1 saturated heterocycles. The zero-order chi connectivity index (χ0) is 10.5. The van der Waals surface area contributed by atoms with E-state index in [1.54, 1.807) is 24.4 Å². The van der Waals surface area contributed by atoms with Crippen molar-refractivity contribution in [1.29, 1.82) is 0 Å². The minimum Gasteiger partial charge on any atom is -0.428 e. The molecule has 1 fully saturated rings. The smallest absolute Gasteiger partial charge is 0.428 e. The molecule has 80 valence electrons. The monoisotopic (exact) mass is 209 g/mol. The molecule has 1 aliphatic rings. The lowest BCUT2D eigenvalue weighted by molar-refractivity contribution is 0.0497. The number of hydrogen-bond donors (Lipinski definition) is 0. The van der Waals surface area contributed by atoms with Crippen LogP contribution >= 0.6 is 0 Å². The summed E-state index contributed by atoms with van der Waals surface area (Å²) in [6.45, 7) is 1.07. The third kappa shape index (κ3) is 2.92. The van der Waals surface area contributed by atoms with E-state index in [1.165, 1.54) is 0 Å². The molecule has 1 aromatic rings. The largest absolute Gasteiger partial charge is 0.515 e. The summed E-state index contributed by atoms with van der Waals surface area (Å²) >= 11 is 0. The molecule has 1 aliphatic heterocycles. The molecule has 0 amide bonds. The molecular weight excluding hydrogens is 198 g/mol. The lowest BCUT2D eigenvalue weighted by Crippen LogP contribution is -2.21. The van der Waals surface area contributed by atoms with Gasteiger partial charge >= 0.3 is 6.16 Å². The first-order chi connectivity index (χ1) is 7.34. The lowest BCUT2D eigenvalue weighted by Gasteiger charge is -2.08. The quantitative estimate of drug-likeness (QED) is 0.689. The van der Waals surface area contributed by atoms with Crippen LogP contribution in [0.15, 0.2) is 24.4 Å². The summed E-state index contributed by atoms with van der Waals surface area (Å²) in [6, 6.07) is 5.06. The Kier molecular flexibility index (Phi) is 3.14. The Morgan fingerprint density at radius 2 is 2.47 bits per heavy atom. The summed E-state index contributed by atoms with van der Waals surface area (Å²) in [5.74, 6) is 0.237. The first kappa shape index (κ1) is 9.92. The highest BCUT2D eigenvalue weighted by molar-refractivity contribution is 5.63. The Bertz CT molecular complexity index is 321. The van der Waals surface area contributed by atoms with Crippen molar-refractivity contribution >= 4 is 6.16 Å². The first-order valence-corrected chi connectivity index (χ1v) is 4.72. The Morgan fingerprint density at radius 1 is 1.53 bits per heavy atom. The van der Waals surface area contributed by atoms with Gasteiger partial charge in [0.1, 0.15) is 6.10 Å². The fraction of sp³-hybridized carbons (Fsp3) is 0.400. The molecule has 0 spiro atoms. The zero-order valence-electron chi connectivity index (χ0n) is 8.09. The SMILES string of the molecule is O=C(Oc1ccccn1)OC1CCOC1. The van der Waals surface area contributed by atoms with Gasteiger partial charge in [-0.3, -0.25) is 0 Å². The summed E-state index contributed by atoms with van der Waals surface area (Å²) in [5, 5.41) is 0. The fourth-order valence-corrected chi connectivity index (χ4v) is 1.26. The van der Waals surface area contributed by atoms with Crippen molar-refractivity contribution in [3.63, 3.8) is 0 Å².